The molecule has 10 heavy (non-hydrogen) atoms. The van der Waals surface area contributed by atoms with Crippen molar-refractivity contribution in [2.24, 2.45) is 0 Å². The lowest BCUT2D eigenvalue weighted by Gasteiger charge is -2.29. The number of nitrogens with zero attached hydrogens (tertiary/aromatic N) is 1. The van der Waals surface area contributed by atoms with Crippen molar-refractivity contribution in [3.8, 4) is 0 Å². The Balaban J connectivity index is 2.48. The molecule has 1 aliphatic heterocycles. The lowest BCUT2D eigenvalue weighted by molar-refractivity contribution is -0.133. The fraction of sp³-hybridized carbons (Fsp3) is 0.857. The van der Waals surface area contributed by atoms with Crippen molar-refractivity contribution in [1.82, 2.24) is 4.90 Å². The number of hydrogen-bond acceptors (Lipinski definition) is 2. The molecule has 58 valence electrons. The van der Waals surface area contributed by atoms with Gasteiger partial charge in [0.05, 0.1) is 5.37 Å². The average Bonchev–Trinajstić information content (AvgIpc) is 1.88. The highest BCUT2D eigenvalue weighted by Gasteiger charge is 2.20. The van der Waals surface area contributed by atoms with Crippen molar-refractivity contribution >= 4 is 18.5 Å². The molecule has 1 aliphatic rings. The minimum atomic E-state index is 0.0906. The van der Waals surface area contributed by atoms with Crippen LogP contribution in [-0.2, 0) is 4.79 Å². The van der Waals surface area contributed by atoms with Crippen LogP contribution in [0.15, 0.2) is 0 Å². The zero-order valence-corrected chi connectivity index (χ0v) is 7.10. The van der Waals surface area contributed by atoms with Crippen LogP contribution in [0.2, 0.25) is 0 Å². The fourth-order valence-corrected chi connectivity index (χ4v) is 1.47. The van der Waals surface area contributed by atoms with Gasteiger partial charge in [0.1, 0.15) is 0 Å². The molecule has 1 rings (SSSR count). The second-order valence-electron chi connectivity index (χ2n) is 2.68. The minimum absolute atomic E-state index is 0.0906. The first-order valence-electron chi connectivity index (χ1n) is 3.69. The van der Waals surface area contributed by atoms with Gasteiger partial charge in [-0.25, -0.2) is 0 Å². The molecular formula is C7H13NOS. The predicted molar refractivity (Wildman–Crippen MR) is 44.0 cm³/mol. The van der Waals surface area contributed by atoms with Crippen molar-refractivity contribution in [3.63, 3.8) is 0 Å². The van der Waals surface area contributed by atoms with E-state index in [1.165, 1.54) is 0 Å². The van der Waals surface area contributed by atoms with Crippen molar-refractivity contribution in [3.05, 3.63) is 0 Å². The van der Waals surface area contributed by atoms with E-state index < -0.39 is 0 Å². The lowest BCUT2D eigenvalue weighted by Crippen LogP contribution is -2.39. The van der Waals surface area contributed by atoms with Crippen molar-refractivity contribution in [1.29, 1.82) is 0 Å². The van der Waals surface area contributed by atoms with E-state index in [4.69, 9.17) is 0 Å². The van der Waals surface area contributed by atoms with E-state index in [9.17, 15) is 4.79 Å². The number of carbonyl (C=O) groups excluding carboxylic acids is 1. The second-order valence-corrected chi connectivity index (χ2v) is 3.42. The molecule has 0 aromatic carbocycles. The first-order valence-corrected chi connectivity index (χ1v) is 4.21. The van der Waals surface area contributed by atoms with Gasteiger partial charge in [0.2, 0.25) is 5.91 Å². The highest BCUT2D eigenvalue weighted by atomic mass is 32.1. The third-order valence-electron chi connectivity index (χ3n) is 1.81. The maximum Gasteiger partial charge on any atom is 0.223 e. The Morgan fingerprint density at radius 2 is 2.30 bits per heavy atom. The first kappa shape index (κ1) is 7.92. The molecule has 0 N–H and O–H groups in total. The third-order valence-corrected chi connectivity index (χ3v) is 2.09. The molecule has 0 aliphatic carbocycles. The maximum absolute atomic E-state index is 11.1. The summed E-state index contributed by atoms with van der Waals surface area (Å²) in [7, 11) is 0. The fourth-order valence-electron chi connectivity index (χ4n) is 1.22. The average molecular weight is 159 g/mol. The Bertz CT molecular complexity index is 136. The van der Waals surface area contributed by atoms with Crippen LogP contribution in [-0.4, -0.2) is 22.7 Å². The Morgan fingerprint density at radius 3 is 2.70 bits per heavy atom. The molecule has 0 aromatic heterocycles. The van der Waals surface area contributed by atoms with Crippen LogP contribution in [0.1, 0.15) is 26.2 Å². The highest BCUT2D eigenvalue weighted by Crippen LogP contribution is 2.14. The van der Waals surface area contributed by atoms with Crippen LogP contribution in [0.5, 0.6) is 0 Å². The molecule has 1 atom stereocenters. The standard InChI is InChI=1S/C7H13NOS/c1-6(10)8-5-3-2-4-7(8)9/h6,10H,2-5H2,1H3. The number of piperidine rings is 1. The van der Waals surface area contributed by atoms with Gasteiger partial charge in [-0.05, 0) is 19.8 Å². The second kappa shape index (κ2) is 3.28. The Hall–Kier alpha value is -0.180. The van der Waals surface area contributed by atoms with Gasteiger partial charge in [-0.15, -0.1) is 0 Å². The summed E-state index contributed by atoms with van der Waals surface area (Å²) in [4.78, 5) is 12.9. The van der Waals surface area contributed by atoms with Gasteiger partial charge < -0.3 is 4.90 Å². The Kier molecular flexibility index (Phi) is 2.60. The molecular weight excluding hydrogens is 146 g/mol. The summed E-state index contributed by atoms with van der Waals surface area (Å²) in [5.74, 6) is 0.258. The molecule has 1 fully saturated rings. The summed E-state index contributed by atoms with van der Waals surface area (Å²) in [6, 6.07) is 0. The van der Waals surface area contributed by atoms with Gasteiger partial charge in [-0.2, -0.15) is 12.6 Å². The molecule has 0 aromatic rings. The molecule has 3 heteroatoms. The molecule has 1 unspecified atom stereocenters. The third kappa shape index (κ3) is 1.66. The normalized spacial score (nSPS) is 23.0. The van der Waals surface area contributed by atoms with Gasteiger partial charge >= 0.3 is 0 Å². The van der Waals surface area contributed by atoms with Gasteiger partial charge in [-0.1, -0.05) is 0 Å². The van der Waals surface area contributed by atoms with E-state index in [1.54, 1.807) is 0 Å². The largest absolute Gasteiger partial charge is 0.331 e. The zero-order chi connectivity index (χ0) is 7.56. The van der Waals surface area contributed by atoms with E-state index in [2.05, 4.69) is 12.6 Å². The number of likely N-dealkylation sites (tertiary alicyclic amines) is 1. The molecule has 1 heterocycles. The van der Waals surface area contributed by atoms with Crippen molar-refractivity contribution in [2.45, 2.75) is 31.6 Å². The van der Waals surface area contributed by atoms with Crippen LogP contribution >= 0.6 is 12.6 Å². The zero-order valence-electron chi connectivity index (χ0n) is 6.21. The van der Waals surface area contributed by atoms with Crippen LogP contribution in [0.25, 0.3) is 0 Å². The SMILES string of the molecule is CC(S)N1CCCCC1=O. The highest BCUT2D eigenvalue weighted by molar-refractivity contribution is 7.80. The lowest BCUT2D eigenvalue weighted by atomic mass is 10.1. The van der Waals surface area contributed by atoms with Crippen molar-refractivity contribution in [2.75, 3.05) is 6.54 Å². The maximum atomic E-state index is 11.1. The Labute approximate surface area is 67.0 Å². The van der Waals surface area contributed by atoms with Crippen LogP contribution < -0.4 is 0 Å². The van der Waals surface area contributed by atoms with E-state index in [0.29, 0.717) is 6.42 Å². The first-order chi connectivity index (χ1) is 4.72. The summed E-state index contributed by atoms with van der Waals surface area (Å²) in [6.07, 6.45) is 2.90. The van der Waals surface area contributed by atoms with Gasteiger partial charge in [-0.3, -0.25) is 4.79 Å². The summed E-state index contributed by atoms with van der Waals surface area (Å²) < 4.78 is 0. The summed E-state index contributed by atoms with van der Waals surface area (Å²) in [5, 5.41) is 0.0906. The number of amides is 1. The Morgan fingerprint density at radius 1 is 1.60 bits per heavy atom. The molecule has 1 saturated heterocycles. The number of carbonyl (C=O) groups is 1. The van der Waals surface area contributed by atoms with E-state index in [0.717, 1.165) is 19.4 Å². The monoisotopic (exact) mass is 159 g/mol. The van der Waals surface area contributed by atoms with Crippen LogP contribution in [0, 0.1) is 0 Å². The van der Waals surface area contributed by atoms with Crippen LogP contribution in [0.4, 0.5) is 0 Å². The molecule has 0 radical (unpaired) electrons. The predicted octanol–water partition coefficient (Wildman–Crippen LogP) is 1.27. The van der Waals surface area contributed by atoms with Crippen LogP contribution in [0.3, 0.4) is 0 Å². The summed E-state index contributed by atoms with van der Waals surface area (Å²) in [6.45, 7) is 2.83. The minimum Gasteiger partial charge on any atom is -0.331 e. The van der Waals surface area contributed by atoms with Gasteiger partial charge in [0.15, 0.2) is 0 Å². The smallest absolute Gasteiger partial charge is 0.223 e. The quantitative estimate of drug-likeness (QED) is 0.571. The van der Waals surface area contributed by atoms with Gasteiger partial charge in [0, 0.05) is 13.0 Å². The number of hydrogen-bond donors (Lipinski definition) is 1. The number of rotatable bonds is 1. The molecule has 1 amide bonds. The summed E-state index contributed by atoms with van der Waals surface area (Å²) >= 11 is 4.21. The molecule has 0 bridgehead atoms. The van der Waals surface area contributed by atoms with E-state index >= 15 is 0 Å². The van der Waals surface area contributed by atoms with Gasteiger partial charge in [0.25, 0.3) is 0 Å². The molecule has 0 saturated carbocycles. The topological polar surface area (TPSA) is 20.3 Å². The molecule has 2 nitrogen and oxygen atoms in total. The van der Waals surface area contributed by atoms with E-state index in [1.807, 2.05) is 11.8 Å². The number of thiol groups is 1. The summed E-state index contributed by atoms with van der Waals surface area (Å²) in [5.41, 5.74) is 0. The van der Waals surface area contributed by atoms with Crippen molar-refractivity contribution < 1.29 is 4.79 Å². The van der Waals surface area contributed by atoms with E-state index in [-0.39, 0.29) is 11.3 Å². The molecule has 0 spiro atoms.